The Bertz CT molecular complexity index is 582. The van der Waals surface area contributed by atoms with Crippen molar-refractivity contribution in [1.82, 2.24) is 15.3 Å². The van der Waals surface area contributed by atoms with Crippen LogP contribution in [0.15, 0.2) is 24.0 Å². The van der Waals surface area contributed by atoms with Gasteiger partial charge < -0.3 is 15.4 Å². The van der Waals surface area contributed by atoms with Gasteiger partial charge in [-0.2, -0.15) is 0 Å². The molecule has 1 aromatic heterocycles. The number of carbonyl (C=O) groups is 1. The van der Waals surface area contributed by atoms with Crippen molar-refractivity contribution in [3.63, 3.8) is 0 Å². The highest BCUT2D eigenvalue weighted by atomic mass is 16.5. The number of hydrogen-bond donors (Lipinski definition) is 2. The lowest BCUT2D eigenvalue weighted by Gasteiger charge is -2.13. The summed E-state index contributed by atoms with van der Waals surface area (Å²) < 4.78 is 5.57. The summed E-state index contributed by atoms with van der Waals surface area (Å²) in [5, 5.41) is 6.17. The Morgan fingerprint density at radius 3 is 3.04 bits per heavy atom. The first-order valence-electron chi connectivity index (χ1n) is 8.95. The molecular formula is C18H26N4O2. The van der Waals surface area contributed by atoms with Gasteiger partial charge in [-0.05, 0) is 44.9 Å². The number of allylic oxidation sites excluding steroid dienone is 1. The molecule has 2 N–H and O–H groups in total. The van der Waals surface area contributed by atoms with Crippen LogP contribution in [0.2, 0.25) is 0 Å². The Morgan fingerprint density at radius 2 is 2.25 bits per heavy atom. The van der Waals surface area contributed by atoms with E-state index in [1.54, 1.807) is 6.07 Å². The van der Waals surface area contributed by atoms with Crippen molar-refractivity contribution < 1.29 is 9.53 Å². The molecule has 1 fully saturated rings. The summed E-state index contributed by atoms with van der Waals surface area (Å²) in [7, 11) is 0. The smallest absolute Gasteiger partial charge is 0.270 e. The summed E-state index contributed by atoms with van der Waals surface area (Å²) in [6, 6.07) is 1.70. The second-order valence-corrected chi connectivity index (χ2v) is 6.42. The van der Waals surface area contributed by atoms with Crippen molar-refractivity contribution in [2.45, 2.75) is 51.0 Å². The fraction of sp³-hybridized carbons (Fsp3) is 0.611. The van der Waals surface area contributed by atoms with Gasteiger partial charge in [-0.3, -0.25) is 4.79 Å². The fourth-order valence-electron chi connectivity index (χ4n) is 3.16. The summed E-state index contributed by atoms with van der Waals surface area (Å²) in [5.41, 5.74) is 1.86. The van der Waals surface area contributed by atoms with Crippen LogP contribution < -0.4 is 10.6 Å². The first kappa shape index (κ1) is 16.9. The number of rotatable bonds is 7. The molecule has 130 valence electrons. The van der Waals surface area contributed by atoms with Crippen LogP contribution in [0.4, 0.5) is 5.82 Å². The Kier molecular flexibility index (Phi) is 6.18. The highest BCUT2D eigenvalue weighted by Gasteiger charge is 2.15. The van der Waals surface area contributed by atoms with E-state index < -0.39 is 0 Å². The van der Waals surface area contributed by atoms with E-state index in [4.69, 9.17) is 4.74 Å². The van der Waals surface area contributed by atoms with Gasteiger partial charge in [-0.1, -0.05) is 11.6 Å². The third kappa shape index (κ3) is 5.03. The van der Waals surface area contributed by atoms with Gasteiger partial charge >= 0.3 is 0 Å². The number of ether oxygens (including phenoxy) is 1. The number of carbonyl (C=O) groups excluding carboxylic acids is 1. The average molecular weight is 330 g/mol. The van der Waals surface area contributed by atoms with Crippen LogP contribution in [-0.4, -0.2) is 41.7 Å². The number of aromatic nitrogens is 2. The third-order valence-corrected chi connectivity index (χ3v) is 4.55. The maximum atomic E-state index is 12.2. The highest BCUT2D eigenvalue weighted by Crippen LogP contribution is 2.19. The van der Waals surface area contributed by atoms with Crippen molar-refractivity contribution in [2.24, 2.45) is 0 Å². The predicted molar refractivity (Wildman–Crippen MR) is 93.0 cm³/mol. The van der Waals surface area contributed by atoms with Crippen LogP contribution in [0.1, 0.15) is 55.4 Å². The van der Waals surface area contributed by atoms with Crippen LogP contribution in [0.5, 0.6) is 0 Å². The van der Waals surface area contributed by atoms with Gasteiger partial charge in [0, 0.05) is 25.8 Å². The van der Waals surface area contributed by atoms with E-state index in [1.807, 2.05) is 0 Å². The van der Waals surface area contributed by atoms with Gasteiger partial charge in [-0.15, -0.1) is 0 Å². The number of amides is 1. The molecule has 1 aromatic rings. The summed E-state index contributed by atoms with van der Waals surface area (Å²) in [4.78, 5) is 20.5. The fourth-order valence-corrected chi connectivity index (χ4v) is 3.16. The highest BCUT2D eigenvalue weighted by molar-refractivity contribution is 5.92. The van der Waals surface area contributed by atoms with Crippen LogP contribution in [0.25, 0.3) is 0 Å². The first-order chi connectivity index (χ1) is 11.8. The lowest BCUT2D eigenvalue weighted by molar-refractivity contribution is 0.0949. The predicted octanol–water partition coefficient (Wildman–Crippen LogP) is 2.69. The van der Waals surface area contributed by atoms with E-state index in [2.05, 4.69) is 26.7 Å². The second kappa shape index (κ2) is 8.78. The van der Waals surface area contributed by atoms with Crippen molar-refractivity contribution in [3.05, 3.63) is 29.7 Å². The van der Waals surface area contributed by atoms with E-state index in [-0.39, 0.29) is 12.0 Å². The molecule has 0 saturated carbocycles. The Morgan fingerprint density at radius 1 is 1.29 bits per heavy atom. The van der Waals surface area contributed by atoms with Crippen LogP contribution in [-0.2, 0) is 4.74 Å². The molecule has 2 heterocycles. The molecule has 3 rings (SSSR count). The number of anilines is 1. The molecule has 0 radical (unpaired) electrons. The number of hydrogen-bond acceptors (Lipinski definition) is 5. The van der Waals surface area contributed by atoms with Gasteiger partial charge in [0.1, 0.15) is 17.8 Å². The molecule has 6 heteroatoms. The normalized spacial score (nSPS) is 20.5. The largest absolute Gasteiger partial charge is 0.376 e. The molecule has 1 atom stereocenters. The SMILES string of the molecule is O=C(NCCC1=CCCCC1)c1cc(NCC2CCCO2)ncn1. The summed E-state index contributed by atoms with van der Waals surface area (Å²) >= 11 is 0. The third-order valence-electron chi connectivity index (χ3n) is 4.55. The van der Waals surface area contributed by atoms with Crippen LogP contribution in [0.3, 0.4) is 0 Å². The maximum absolute atomic E-state index is 12.2. The first-order valence-corrected chi connectivity index (χ1v) is 8.95. The molecule has 1 aliphatic carbocycles. The zero-order chi connectivity index (χ0) is 16.6. The molecule has 1 unspecified atom stereocenters. The minimum absolute atomic E-state index is 0.144. The molecule has 1 amide bonds. The number of nitrogens with one attached hydrogen (secondary N) is 2. The molecular weight excluding hydrogens is 304 g/mol. The maximum Gasteiger partial charge on any atom is 0.270 e. The zero-order valence-electron chi connectivity index (χ0n) is 14.1. The molecule has 1 aliphatic heterocycles. The molecule has 6 nitrogen and oxygen atoms in total. The van der Waals surface area contributed by atoms with Crippen LogP contribution in [0, 0.1) is 0 Å². The summed E-state index contributed by atoms with van der Waals surface area (Å²) in [6.45, 7) is 2.21. The number of nitrogens with zero attached hydrogens (tertiary/aromatic N) is 2. The van der Waals surface area contributed by atoms with Crippen LogP contribution >= 0.6 is 0 Å². The minimum Gasteiger partial charge on any atom is -0.376 e. The van der Waals surface area contributed by atoms with E-state index in [9.17, 15) is 4.79 Å². The minimum atomic E-state index is -0.144. The molecule has 0 bridgehead atoms. The van der Waals surface area contributed by atoms with E-state index in [1.165, 1.54) is 37.6 Å². The van der Waals surface area contributed by atoms with Gasteiger partial charge in [0.2, 0.25) is 0 Å². The summed E-state index contributed by atoms with van der Waals surface area (Å²) in [6.07, 6.45) is 12.0. The lowest BCUT2D eigenvalue weighted by atomic mass is 9.97. The summed E-state index contributed by atoms with van der Waals surface area (Å²) in [5.74, 6) is 0.523. The molecule has 0 aromatic carbocycles. The quantitative estimate of drug-likeness (QED) is 0.752. The monoisotopic (exact) mass is 330 g/mol. The molecule has 24 heavy (non-hydrogen) atoms. The van der Waals surface area contributed by atoms with E-state index >= 15 is 0 Å². The van der Waals surface area contributed by atoms with E-state index in [0.29, 0.717) is 24.6 Å². The topological polar surface area (TPSA) is 76.1 Å². The van der Waals surface area contributed by atoms with Gasteiger partial charge in [0.05, 0.1) is 6.10 Å². The Hall–Kier alpha value is -1.95. The van der Waals surface area contributed by atoms with Gasteiger partial charge in [0.15, 0.2) is 0 Å². The lowest BCUT2D eigenvalue weighted by Crippen LogP contribution is -2.26. The van der Waals surface area contributed by atoms with Gasteiger partial charge in [0.25, 0.3) is 5.91 Å². The van der Waals surface area contributed by atoms with Crippen molar-refractivity contribution in [3.8, 4) is 0 Å². The zero-order valence-corrected chi connectivity index (χ0v) is 14.1. The van der Waals surface area contributed by atoms with Gasteiger partial charge in [-0.25, -0.2) is 9.97 Å². The Labute approximate surface area is 143 Å². The van der Waals surface area contributed by atoms with E-state index in [0.717, 1.165) is 25.9 Å². The average Bonchev–Trinajstić information content (AvgIpc) is 3.15. The molecule has 2 aliphatic rings. The molecule has 1 saturated heterocycles. The van der Waals surface area contributed by atoms with Crippen molar-refractivity contribution >= 4 is 11.7 Å². The standard InChI is InChI=1S/C18H26N4O2/c23-18(19-9-8-14-5-2-1-3-6-14)16-11-17(22-13-21-16)20-12-15-7-4-10-24-15/h5,11,13,15H,1-4,6-10,12H2,(H,19,23)(H,20,21,22). The second-order valence-electron chi connectivity index (χ2n) is 6.42. The van der Waals surface area contributed by atoms with Crippen molar-refractivity contribution in [2.75, 3.05) is 25.0 Å². The van der Waals surface area contributed by atoms with Crippen molar-refractivity contribution in [1.29, 1.82) is 0 Å². The molecule has 0 spiro atoms. The Balaban J connectivity index is 1.45.